The van der Waals surface area contributed by atoms with Crippen molar-refractivity contribution in [1.29, 1.82) is 0 Å². The fourth-order valence-corrected chi connectivity index (χ4v) is 7.15. The Kier molecular flexibility index (Phi) is 49.4. The van der Waals surface area contributed by atoms with E-state index >= 15 is 0 Å². The average Bonchev–Trinajstić information content (AvgIpc) is 3.29. The molecule has 0 aromatic heterocycles. The van der Waals surface area contributed by atoms with Crippen LogP contribution in [0.3, 0.4) is 0 Å². The van der Waals surface area contributed by atoms with Gasteiger partial charge in [-0.2, -0.15) is 0 Å². The molecule has 0 fully saturated rings. The van der Waals surface area contributed by atoms with Crippen molar-refractivity contribution in [3.8, 4) is 0 Å². The highest BCUT2D eigenvalue weighted by Crippen LogP contribution is 2.14. The fraction of sp³-hybridized carbons (Fsp3) is 0.707. The standard InChI is InChI=1S/C58H98O6/c1-4-7-10-13-15-17-19-21-23-25-27-28-29-30-31-33-34-36-38-40-42-45-48-51-57(60)63-54-55(53-62-56(59)50-47-44-12-9-6-3)64-58(61)52-49-46-43-41-39-37-35-32-26-24-22-20-18-16-14-11-8-5-2/h7,10,15,17,21,23-24,26-28,30-31,34,36,55H,4-6,8-9,11-14,16,18-20,22,25,29,32-33,35,37-54H2,1-3H3/b10-7-,17-15-,23-21-,26-24-,28-27-,31-30-,36-34-. The van der Waals surface area contributed by atoms with Crippen molar-refractivity contribution in [1.82, 2.24) is 0 Å². The first kappa shape index (κ1) is 60.6. The minimum Gasteiger partial charge on any atom is -0.462 e. The van der Waals surface area contributed by atoms with E-state index in [2.05, 4.69) is 106 Å². The Hall–Kier alpha value is -3.41. The Morgan fingerprint density at radius 3 is 0.969 bits per heavy atom. The second-order valence-corrected chi connectivity index (χ2v) is 17.4. The summed E-state index contributed by atoms with van der Waals surface area (Å²) >= 11 is 0. The zero-order valence-electron chi connectivity index (χ0n) is 41.8. The molecule has 1 atom stereocenters. The van der Waals surface area contributed by atoms with Gasteiger partial charge in [0.05, 0.1) is 0 Å². The van der Waals surface area contributed by atoms with Gasteiger partial charge in [0.2, 0.25) is 0 Å². The molecule has 0 aromatic carbocycles. The Balaban J connectivity index is 4.22. The maximum atomic E-state index is 12.7. The summed E-state index contributed by atoms with van der Waals surface area (Å²) < 4.78 is 16.7. The molecule has 6 heteroatoms. The van der Waals surface area contributed by atoms with E-state index in [0.717, 1.165) is 116 Å². The van der Waals surface area contributed by atoms with Crippen molar-refractivity contribution in [2.24, 2.45) is 0 Å². The van der Waals surface area contributed by atoms with Crippen molar-refractivity contribution in [2.75, 3.05) is 13.2 Å². The minimum absolute atomic E-state index is 0.0876. The smallest absolute Gasteiger partial charge is 0.306 e. The second-order valence-electron chi connectivity index (χ2n) is 17.4. The molecule has 6 nitrogen and oxygen atoms in total. The van der Waals surface area contributed by atoms with E-state index in [9.17, 15) is 14.4 Å². The normalized spacial score (nSPS) is 12.7. The topological polar surface area (TPSA) is 78.9 Å². The van der Waals surface area contributed by atoms with E-state index in [1.54, 1.807) is 0 Å². The second kappa shape index (κ2) is 52.2. The van der Waals surface area contributed by atoms with Crippen LogP contribution in [0.1, 0.15) is 245 Å². The van der Waals surface area contributed by atoms with Gasteiger partial charge in [-0.3, -0.25) is 14.4 Å². The van der Waals surface area contributed by atoms with Gasteiger partial charge in [-0.1, -0.05) is 215 Å². The number of carbonyl (C=O) groups excluding carboxylic acids is 3. The molecule has 0 saturated heterocycles. The largest absolute Gasteiger partial charge is 0.462 e. The Morgan fingerprint density at radius 1 is 0.328 bits per heavy atom. The third-order valence-electron chi connectivity index (χ3n) is 11.1. The number of esters is 3. The van der Waals surface area contributed by atoms with Crippen LogP contribution in [0.2, 0.25) is 0 Å². The molecule has 0 aliphatic carbocycles. The van der Waals surface area contributed by atoms with Gasteiger partial charge in [-0.05, 0) is 96.3 Å². The molecule has 0 spiro atoms. The van der Waals surface area contributed by atoms with Crippen LogP contribution in [-0.2, 0) is 28.6 Å². The van der Waals surface area contributed by atoms with Crippen LogP contribution < -0.4 is 0 Å². The van der Waals surface area contributed by atoms with E-state index in [1.807, 2.05) is 0 Å². The first-order valence-electron chi connectivity index (χ1n) is 26.6. The van der Waals surface area contributed by atoms with Crippen LogP contribution in [0.25, 0.3) is 0 Å². The number of rotatable bonds is 47. The first-order chi connectivity index (χ1) is 31.5. The zero-order valence-corrected chi connectivity index (χ0v) is 41.8. The van der Waals surface area contributed by atoms with E-state index in [4.69, 9.17) is 14.2 Å². The SMILES string of the molecule is CC/C=C\C/C=C\C/C=C\C/C=C\C/C=C\C/C=C\CCCCCCC(=O)OCC(COC(=O)CCCCCCC)OC(=O)CCCCCCCCC/C=C\CCCCCCCCC. The number of allylic oxidation sites excluding steroid dienone is 14. The average molecular weight is 891 g/mol. The molecule has 0 heterocycles. The van der Waals surface area contributed by atoms with E-state index < -0.39 is 6.10 Å². The quantitative estimate of drug-likeness (QED) is 0.0262. The lowest BCUT2D eigenvalue weighted by Gasteiger charge is -2.18. The van der Waals surface area contributed by atoms with Crippen LogP contribution in [0, 0.1) is 0 Å². The van der Waals surface area contributed by atoms with Gasteiger partial charge < -0.3 is 14.2 Å². The maximum absolute atomic E-state index is 12.7. The highest BCUT2D eigenvalue weighted by molar-refractivity contribution is 5.71. The molecule has 0 N–H and O–H groups in total. The lowest BCUT2D eigenvalue weighted by molar-refractivity contribution is -0.167. The van der Waals surface area contributed by atoms with Gasteiger partial charge in [0.15, 0.2) is 6.10 Å². The lowest BCUT2D eigenvalue weighted by Crippen LogP contribution is -2.30. The Morgan fingerprint density at radius 2 is 0.609 bits per heavy atom. The molecule has 0 aliphatic rings. The fourth-order valence-electron chi connectivity index (χ4n) is 7.15. The number of hydrogen-bond donors (Lipinski definition) is 0. The number of carbonyl (C=O) groups is 3. The molecule has 366 valence electrons. The predicted octanol–water partition coefficient (Wildman–Crippen LogP) is 17.6. The van der Waals surface area contributed by atoms with Gasteiger partial charge >= 0.3 is 17.9 Å². The van der Waals surface area contributed by atoms with Crippen molar-refractivity contribution >= 4 is 17.9 Å². The Labute approximate surface area is 395 Å². The van der Waals surface area contributed by atoms with Crippen LogP contribution >= 0.6 is 0 Å². The van der Waals surface area contributed by atoms with E-state index in [1.165, 1.54) is 89.9 Å². The van der Waals surface area contributed by atoms with Gasteiger partial charge in [-0.15, -0.1) is 0 Å². The summed E-state index contributed by atoms with van der Waals surface area (Å²) in [4.78, 5) is 37.7. The minimum atomic E-state index is -0.786. The van der Waals surface area contributed by atoms with E-state index in [0.29, 0.717) is 19.3 Å². The van der Waals surface area contributed by atoms with Crippen LogP contribution in [0.15, 0.2) is 85.1 Å². The van der Waals surface area contributed by atoms with Crippen molar-refractivity contribution in [2.45, 2.75) is 252 Å². The molecule has 0 bridgehead atoms. The molecule has 0 rings (SSSR count). The number of hydrogen-bond acceptors (Lipinski definition) is 6. The molecule has 64 heavy (non-hydrogen) atoms. The lowest BCUT2D eigenvalue weighted by atomic mass is 10.1. The third kappa shape index (κ3) is 49.6. The monoisotopic (exact) mass is 891 g/mol. The van der Waals surface area contributed by atoms with E-state index in [-0.39, 0.29) is 31.1 Å². The molecule has 0 saturated carbocycles. The molecule has 0 radical (unpaired) electrons. The van der Waals surface area contributed by atoms with Crippen molar-refractivity contribution in [3.63, 3.8) is 0 Å². The van der Waals surface area contributed by atoms with Gasteiger partial charge in [0.1, 0.15) is 13.2 Å². The summed E-state index contributed by atoms with van der Waals surface area (Å²) in [5, 5.41) is 0. The maximum Gasteiger partial charge on any atom is 0.306 e. The number of ether oxygens (including phenoxy) is 3. The predicted molar refractivity (Wildman–Crippen MR) is 274 cm³/mol. The van der Waals surface area contributed by atoms with Gasteiger partial charge in [0.25, 0.3) is 0 Å². The zero-order chi connectivity index (χ0) is 46.5. The van der Waals surface area contributed by atoms with Crippen molar-refractivity contribution in [3.05, 3.63) is 85.1 Å². The van der Waals surface area contributed by atoms with Crippen LogP contribution in [0.5, 0.6) is 0 Å². The van der Waals surface area contributed by atoms with Crippen LogP contribution in [0.4, 0.5) is 0 Å². The summed E-state index contributed by atoms with van der Waals surface area (Å²) in [7, 11) is 0. The highest BCUT2D eigenvalue weighted by Gasteiger charge is 2.19. The molecular weight excluding hydrogens is 793 g/mol. The third-order valence-corrected chi connectivity index (χ3v) is 11.1. The summed E-state index contributed by atoms with van der Waals surface area (Å²) in [6.45, 7) is 6.41. The summed E-state index contributed by atoms with van der Waals surface area (Å²) in [5.74, 6) is -0.931. The van der Waals surface area contributed by atoms with Gasteiger partial charge in [-0.25, -0.2) is 0 Å². The summed E-state index contributed by atoms with van der Waals surface area (Å²) in [5.41, 5.74) is 0. The summed E-state index contributed by atoms with van der Waals surface area (Å²) in [6, 6.07) is 0. The first-order valence-corrected chi connectivity index (χ1v) is 26.6. The molecule has 0 amide bonds. The summed E-state index contributed by atoms with van der Waals surface area (Å²) in [6.07, 6.45) is 67.5. The molecule has 1 unspecified atom stereocenters. The van der Waals surface area contributed by atoms with Crippen molar-refractivity contribution < 1.29 is 28.6 Å². The van der Waals surface area contributed by atoms with Gasteiger partial charge in [0, 0.05) is 19.3 Å². The highest BCUT2D eigenvalue weighted by atomic mass is 16.6. The Bertz CT molecular complexity index is 1250. The molecule has 0 aliphatic heterocycles. The van der Waals surface area contributed by atoms with Crippen LogP contribution in [-0.4, -0.2) is 37.2 Å². The number of unbranched alkanes of at least 4 members (excludes halogenated alkanes) is 22. The molecule has 0 aromatic rings. The molecular formula is C58H98O6.